The van der Waals surface area contributed by atoms with Crippen molar-refractivity contribution in [3.63, 3.8) is 0 Å². The highest BCUT2D eigenvalue weighted by Gasteiger charge is 2.14. The number of hydrogen-bond acceptors (Lipinski definition) is 4. The molecule has 5 rings (SSSR count). The number of aromatic nitrogens is 3. The summed E-state index contributed by atoms with van der Waals surface area (Å²) >= 11 is 6.60. The van der Waals surface area contributed by atoms with E-state index in [0.717, 1.165) is 21.9 Å². The highest BCUT2D eigenvalue weighted by Crippen LogP contribution is 2.36. The Hall–Kier alpha value is -3.90. The van der Waals surface area contributed by atoms with Gasteiger partial charge in [0.1, 0.15) is 5.75 Å². The van der Waals surface area contributed by atoms with Gasteiger partial charge in [-0.1, -0.05) is 41.9 Å². The molecule has 0 saturated carbocycles. The first-order valence-corrected chi connectivity index (χ1v) is 9.91. The smallest absolute Gasteiger partial charge is 0.336 e. The Bertz CT molecular complexity index is 1470. The molecule has 0 radical (unpaired) electrons. The molecule has 152 valence electrons. The minimum Gasteiger partial charge on any atom is -0.478 e. The van der Waals surface area contributed by atoms with Gasteiger partial charge in [-0.3, -0.25) is 4.98 Å². The second-order valence-corrected chi connectivity index (χ2v) is 7.59. The van der Waals surface area contributed by atoms with Gasteiger partial charge in [-0.2, -0.15) is 4.98 Å². The van der Waals surface area contributed by atoms with Crippen molar-refractivity contribution < 1.29 is 14.6 Å². The van der Waals surface area contributed by atoms with E-state index in [1.165, 1.54) is 6.07 Å². The highest BCUT2D eigenvalue weighted by atomic mass is 35.5. The number of imidazole rings is 1. The minimum absolute atomic E-state index is 0.183. The van der Waals surface area contributed by atoms with E-state index in [0.29, 0.717) is 27.4 Å². The summed E-state index contributed by atoms with van der Waals surface area (Å²) in [4.78, 5) is 23.3. The fourth-order valence-electron chi connectivity index (χ4n) is 3.60. The molecule has 0 bridgehead atoms. The number of aromatic amines is 1. The molecule has 3 aromatic carbocycles. The fraction of sp³-hybridized carbons (Fsp3) is 0.0417. The number of H-pyrrole nitrogens is 1. The number of nitrogens with zero attached hydrogens (tertiary/aromatic N) is 2. The average Bonchev–Trinajstić information content (AvgIpc) is 3.15. The predicted octanol–water partition coefficient (Wildman–Crippen LogP) is 6.23. The number of benzene rings is 3. The summed E-state index contributed by atoms with van der Waals surface area (Å²) in [6.45, 7) is 1.74. The van der Waals surface area contributed by atoms with Crippen molar-refractivity contribution in [3.8, 4) is 22.9 Å². The van der Waals surface area contributed by atoms with E-state index in [2.05, 4.69) is 15.0 Å². The molecule has 0 aliphatic rings. The van der Waals surface area contributed by atoms with Gasteiger partial charge in [-0.25, -0.2) is 4.79 Å². The van der Waals surface area contributed by atoms with E-state index in [-0.39, 0.29) is 11.6 Å². The minimum atomic E-state index is -1.01. The third-order valence-electron chi connectivity index (χ3n) is 5.16. The van der Waals surface area contributed by atoms with Gasteiger partial charge < -0.3 is 14.8 Å². The average molecular weight is 430 g/mol. The van der Waals surface area contributed by atoms with Crippen molar-refractivity contribution in [1.82, 2.24) is 15.0 Å². The lowest BCUT2D eigenvalue weighted by Crippen LogP contribution is -2.00. The quantitative estimate of drug-likeness (QED) is 0.353. The van der Waals surface area contributed by atoms with Crippen molar-refractivity contribution in [3.05, 3.63) is 83.1 Å². The summed E-state index contributed by atoms with van der Waals surface area (Å²) < 4.78 is 5.78. The number of pyridine rings is 1. The second kappa shape index (κ2) is 7.41. The third kappa shape index (κ3) is 3.47. The van der Waals surface area contributed by atoms with Crippen LogP contribution < -0.4 is 4.74 Å². The van der Waals surface area contributed by atoms with E-state index in [1.807, 2.05) is 36.5 Å². The van der Waals surface area contributed by atoms with Crippen LogP contribution in [0.2, 0.25) is 5.02 Å². The monoisotopic (exact) mass is 429 g/mol. The first-order chi connectivity index (χ1) is 15.0. The Morgan fingerprint density at radius 1 is 1.06 bits per heavy atom. The Kier molecular flexibility index (Phi) is 4.56. The number of halogens is 1. The maximum absolute atomic E-state index is 11.4. The molecule has 2 aromatic heterocycles. The van der Waals surface area contributed by atoms with Crippen LogP contribution in [0.15, 0.2) is 67.0 Å². The summed E-state index contributed by atoms with van der Waals surface area (Å²) in [5.41, 5.74) is 3.96. The van der Waals surface area contributed by atoms with Crippen molar-refractivity contribution in [2.24, 2.45) is 0 Å². The highest BCUT2D eigenvalue weighted by molar-refractivity contribution is 6.34. The van der Waals surface area contributed by atoms with Crippen LogP contribution in [0.25, 0.3) is 32.9 Å². The summed E-state index contributed by atoms with van der Waals surface area (Å²) in [5.74, 6) is -0.626. The first kappa shape index (κ1) is 19.1. The van der Waals surface area contributed by atoms with Crippen LogP contribution in [0.5, 0.6) is 11.8 Å². The van der Waals surface area contributed by atoms with E-state index < -0.39 is 5.97 Å². The van der Waals surface area contributed by atoms with Gasteiger partial charge in [0.05, 0.1) is 21.6 Å². The molecule has 2 heterocycles. The number of carboxylic acid groups (broad SMARTS) is 1. The van der Waals surface area contributed by atoms with Crippen LogP contribution in [0.1, 0.15) is 15.9 Å². The number of carbonyl (C=O) groups is 1. The molecule has 31 heavy (non-hydrogen) atoms. The molecule has 6 nitrogen and oxygen atoms in total. The Labute approximate surface area is 182 Å². The molecular weight excluding hydrogens is 414 g/mol. The third-order valence-corrected chi connectivity index (χ3v) is 5.47. The zero-order valence-corrected chi connectivity index (χ0v) is 17.1. The van der Waals surface area contributed by atoms with Crippen LogP contribution >= 0.6 is 11.6 Å². The van der Waals surface area contributed by atoms with Crippen LogP contribution in [0.4, 0.5) is 0 Å². The lowest BCUT2D eigenvalue weighted by molar-refractivity contribution is 0.0695. The molecule has 7 heteroatoms. The maximum atomic E-state index is 11.4. The van der Waals surface area contributed by atoms with Gasteiger partial charge in [0, 0.05) is 28.9 Å². The van der Waals surface area contributed by atoms with E-state index in [4.69, 9.17) is 16.3 Å². The molecule has 0 aliphatic heterocycles. The molecule has 5 aromatic rings. The number of hydrogen-bond donors (Lipinski definition) is 2. The van der Waals surface area contributed by atoms with E-state index in [9.17, 15) is 9.90 Å². The molecule has 0 atom stereocenters. The molecule has 0 amide bonds. The number of aromatic carboxylic acids is 1. The summed E-state index contributed by atoms with van der Waals surface area (Å²) in [6, 6.07) is 16.8. The molecule has 0 unspecified atom stereocenters. The fourth-order valence-corrected chi connectivity index (χ4v) is 3.86. The second-order valence-electron chi connectivity index (χ2n) is 7.18. The topological polar surface area (TPSA) is 88.1 Å². The normalized spacial score (nSPS) is 11.2. The predicted molar refractivity (Wildman–Crippen MR) is 120 cm³/mol. The molecule has 0 aliphatic carbocycles. The number of aryl methyl sites for hydroxylation is 1. The number of nitrogens with one attached hydrogen (secondary N) is 1. The van der Waals surface area contributed by atoms with Crippen LogP contribution in [-0.2, 0) is 0 Å². The first-order valence-electron chi connectivity index (χ1n) is 9.54. The van der Waals surface area contributed by atoms with Gasteiger partial charge in [-0.05, 0) is 42.1 Å². The maximum Gasteiger partial charge on any atom is 0.336 e. The zero-order valence-electron chi connectivity index (χ0n) is 16.4. The van der Waals surface area contributed by atoms with Gasteiger partial charge in [0.2, 0.25) is 0 Å². The van der Waals surface area contributed by atoms with Crippen LogP contribution in [0.3, 0.4) is 0 Å². The van der Waals surface area contributed by atoms with Crippen LogP contribution in [0, 0.1) is 6.92 Å². The Morgan fingerprint density at radius 3 is 2.74 bits per heavy atom. The molecule has 2 N–H and O–H groups in total. The zero-order chi connectivity index (χ0) is 21.5. The molecule has 0 fully saturated rings. The SMILES string of the molecule is Cc1ccc(Oc2nc3cc(-c4cncc5ccccc45)c(Cl)cc3[nH]2)cc1C(=O)O. The molecular formula is C24H16ClN3O3. The number of ether oxygens (including phenoxy) is 1. The van der Waals surface area contributed by atoms with Gasteiger partial charge >= 0.3 is 5.97 Å². The number of fused-ring (bicyclic) bond motifs is 2. The van der Waals surface area contributed by atoms with Gasteiger partial charge in [0.25, 0.3) is 6.01 Å². The summed E-state index contributed by atoms with van der Waals surface area (Å²) in [6.07, 6.45) is 3.61. The van der Waals surface area contributed by atoms with E-state index >= 15 is 0 Å². The summed E-state index contributed by atoms with van der Waals surface area (Å²) in [7, 11) is 0. The molecule has 0 saturated heterocycles. The Balaban J connectivity index is 1.56. The van der Waals surface area contributed by atoms with Crippen LogP contribution in [-0.4, -0.2) is 26.0 Å². The largest absolute Gasteiger partial charge is 0.478 e. The lowest BCUT2D eigenvalue weighted by Gasteiger charge is -2.08. The lowest BCUT2D eigenvalue weighted by atomic mass is 10.0. The molecule has 0 spiro atoms. The Morgan fingerprint density at radius 2 is 1.90 bits per heavy atom. The van der Waals surface area contributed by atoms with Gasteiger partial charge in [0.15, 0.2) is 0 Å². The summed E-state index contributed by atoms with van der Waals surface area (Å²) in [5, 5.41) is 11.9. The van der Waals surface area contributed by atoms with Crippen molar-refractivity contribution in [2.45, 2.75) is 6.92 Å². The van der Waals surface area contributed by atoms with Crippen molar-refractivity contribution in [1.29, 1.82) is 0 Å². The van der Waals surface area contributed by atoms with Crippen molar-refractivity contribution in [2.75, 3.05) is 0 Å². The van der Waals surface area contributed by atoms with Crippen molar-refractivity contribution >= 4 is 39.4 Å². The number of rotatable bonds is 4. The van der Waals surface area contributed by atoms with E-state index in [1.54, 1.807) is 31.3 Å². The standard InChI is InChI=1S/C24H16ClN3O3/c1-13-6-7-15(8-17(13)23(29)30)31-24-27-21-9-18(20(25)10-22(21)28-24)19-12-26-11-14-4-2-3-5-16(14)19/h2-12H,1H3,(H,27,28)(H,29,30). The number of carboxylic acids is 1. The van der Waals surface area contributed by atoms with Gasteiger partial charge in [-0.15, -0.1) is 0 Å².